The van der Waals surface area contributed by atoms with Crippen molar-refractivity contribution in [3.8, 4) is 5.75 Å². The summed E-state index contributed by atoms with van der Waals surface area (Å²) in [6.07, 6.45) is 2.34. The Hall–Kier alpha value is -1.26. The van der Waals surface area contributed by atoms with E-state index in [1.807, 2.05) is 19.1 Å². The molecule has 0 spiro atoms. The van der Waals surface area contributed by atoms with Gasteiger partial charge in [-0.25, -0.2) is 0 Å². The SMILES string of the molecule is COCC1CCN(c2cccc(OC)c2C(C)N)CC1. The zero-order valence-corrected chi connectivity index (χ0v) is 12.8. The summed E-state index contributed by atoms with van der Waals surface area (Å²) in [7, 11) is 3.48. The summed E-state index contributed by atoms with van der Waals surface area (Å²) in [6.45, 7) is 4.99. The van der Waals surface area contributed by atoms with Crippen molar-refractivity contribution in [2.24, 2.45) is 11.7 Å². The average molecular weight is 278 g/mol. The molecule has 0 amide bonds. The van der Waals surface area contributed by atoms with Gasteiger partial charge in [0.1, 0.15) is 5.75 Å². The number of nitrogens with zero attached hydrogens (tertiary/aromatic N) is 1. The van der Waals surface area contributed by atoms with Gasteiger partial charge in [-0.05, 0) is 37.8 Å². The van der Waals surface area contributed by atoms with Gasteiger partial charge >= 0.3 is 0 Å². The minimum Gasteiger partial charge on any atom is -0.496 e. The second-order valence-corrected chi connectivity index (χ2v) is 5.57. The summed E-state index contributed by atoms with van der Waals surface area (Å²) in [5.41, 5.74) is 8.47. The fraction of sp³-hybridized carbons (Fsp3) is 0.625. The van der Waals surface area contributed by atoms with E-state index in [2.05, 4.69) is 11.0 Å². The maximum absolute atomic E-state index is 6.15. The molecule has 0 saturated carbocycles. The normalized spacial score (nSPS) is 18.1. The number of hydrogen-bond donors (Lipinski definition) is 1. The van der Waals surface area contributed by atoms with Crippen molar-refractivity contribution in [1.29, 1.82) is 0 Å². The summed E-state index contributed by atoms with van der Waals surface area (Å²) >= 11 is 0. The van der Waals surface area contributed by atoms with Gasteiger partial charge in [0.2, 0.25) is 0 Å². The standard InChI is InChI=1S/C16H26N2O2/c1-12(17)16-14(5-4-6-15(16)20-3)18-9-7-13(8-10-18)11-19-2/h4-6,12-13H,7-11,17H2,1-3H3. The van der Waals surface area contributed by atoms with Crippen molar-refractivity contribution in [2.75, 3.05) is 38.8 Å². The highest BCUT2D eigenvalue weighted by Crippen LogP contribution is 2.35. The molecule has 4 nitrogen and oxygen atoms in total. The van der Waals surface area contributed by atoms with Crippen LogP contribution in [0.2, 0.25) is 0 Å². The number of nitrogens with two attached hydrogens (primary N) is 1. The predicted molar refractivity (Wildman–Crippen MR) is 82.4 cm³/mol. The lowest BCUT2D eigenvalue weighted by Gasteiger charge is -2.35. The quantitative estimate of drug-likeness (QED) is 0.899. The van der Waals surface area contributed by atoms with E-state index in [0.717, 1.165) is 31.0 Å². The molecule has 1 unspecified atom stereocenters. The molecule has 1 aliphatic heterocycles. The van der Waals surface area contributed by atoms with Gasteiger partial charge in [-0.1, -0.05) is 6.07 Å². The van der Waals surface area contributed by atoms with Crippen LogP contribution in [0.3, 0.4) is 0 Å². The maximum atomic E-state index is 6.15. The average Bonchev–Trinajstić information content (AvgIpc) is 2.47. The Morgan fingerprint density at radius 1 is 1.30 bits per heavy atom. The third-order valence-electron chi connectivity index (χ3n) is 4.08. The Morgan fingerprint density at radius 3 is 2.55 bits per heavy atom. The summed E-state index contributed by atoms with van der Waals surface area (Å²) < 4.78 is 10.7. The number of benzene rings is 1. The third-order valence-corrected chi connectivity index (χ3v) is 4.08. The topological polar surface area (TPSA) is 47.7 Å². The zero-order chi connectivity index (χ0) is 14.5. The van der Waals surface area contributed by atoms with Gasteiger partial charge in [-0.3, -0.25) is 0 Å². The van der Waals surface area contributed by atoms with Gasteiger partial charge in [0, 0.05) is 44.1 Å². The van der Waals surface area contributed by atoms with Gasteiger partial charge in [0.05, 0.1) is 7.11 Å². The number of methoxy groups -OCH3 is 2. The van der Waals surface area contributed by atoms with Crippen LogP contribution in [0.15, 0.2) is 18.2 Å². The Labute approximate surface area is 121 Å². The molecule has 112 valence electrons. The highest BCUT2D eigenvalue weighted by molar-refractivity contribution is 5.61. The molecule has 1 heterocycles. The smallest absolute Gasteiger partial charge is 0.125 e. The molecule has 1 atom stereocenters. The minimum atomic E-state index is -0.0298. The molecule has 1 aliphatic rings. The van der Waals surface area contributed by atoms with Gasteiger partial charge in [-0.2, -0.15) is 0 Å². The predicted octanol–water partition coefficient (Wildman–Crippen LogP) is 2.58. The second kappa shape index (κ2) is 6.95. The zero-order valence-electron chi connectivity index (χ0n) is 12.8. The maximum Gasteiger partial charge on any atom is 0.125 e. The van der Waals surface area contributed by atoms with Crippen LogP contribution in [0.5, 0.6) is 5.75 Å². The highest BCUT2D eigenvalue weighted by atomic mass is 16.5. The van der Waals surface area contributed by atoms with E-state index >= 15 is 0 Å². The van der Waals surface area contributed by atoms with E-state index in [4.69, 9.17) is 15.2 Å². The number of ether oxygens (including phenoxy) is 2. The van der Waals surface area contributed by atoms with Gasteiger partial charge < -0.3 is 20.1 Å². The lowest BCUT2D eigenvalue weighted by molar-refractivity contribution is 0.139. The summed E-state index contributed by atoms with van der Waals surface area (Å²) in [5, 5.41) is 0. The van der Waals surface area contributed by atoms with Crippen LogP contribution in [-0.2, 0) is 4.74 Å². The summed E-state index contributed by atoms with van der Waals surface area (Å²) in [5.74, 6) is 1.57. The van der Waals surface area contributed by atoms with E-state index in [-0.39, 0.29) is 6.04 Å². The first-order chi connectivity index (χ1) is 9.67. The van der Waals surface area contributed by atoms with Gasteiger partial charge in [-0.15, -0.1) is 0 Å². The molecular weight excluding hydrogens is 252 g/mol. The fourth-order valence-corrected chi connectivity index (χ4v) is 3.02. The third kappa shape index (κ3) is 3.25. The van der Waals surface area contributed by atoms with Crippen LogP contribution in [-0.4, -0.2) is 33.9 Å². The Morgan fingerprint density at radius 2 is 2.00 bits per heavy atom. The first kappa shape index (κ1) is 15.1. The lowest BCUT2D eigenvalue weighted by atomic mass is 9.95. The molecule has 1 saturated heterocycles. The van der Waals surface area contributed by atoms with E-state index < -0.39 is 0 Å². The van der Waals surface area contributed by atoms with E-state index in [1.165, 1.54) is 18.5 Å². The van der Waals surface area contributed by atoms with Crippen LogP contribution in [0, 0.1) is 5.92 Å². The van der Waals surface area contributed by atoms with Crippen molar-refractivity contribution in [3.05, 3.63) is 23.8 Å². The molecule has 2 rings (SSSR count). The van der Waals surface area contributed by atoms with Crippen LogP contribution in [0.25, 0.3) is 0 Å². The summed E-state index contributed by atoms with van der Waals surface area (Å²) in [4.78, 5) is 2.42. The molecule has 2 N–H and O–H groups in total. The Balaban J connectivity index is 2.17. The molecule has 1 aromatic carbocycles. The number of piperidine rings is 1. The molecule has 20 heavy (non-hydrogen) atoms. The highest BCUT2D eigenvalue weighted by Gasteiger charge is 2.23. The van der Waals surface area contributed by atoms with Crippen LogP contribution >= 0.6 is 0 Å². The van der Waals surface area contributed by atoms with E-state index in [1.54, 1.807) is 14.2 Å². The molecule has 1 aromatic rings. The Bertz CT molecular complexity index is 426. The van der Waals surface area contributed by atoms with E-state index in [0.29, 0.717) is 5.92 Å². The Kier molecular flexibility index (Phi) is 5.26. The van der Waals surface area contributed by atoms with Crippen molar-refractivity contribution >= 4 is 5.69 Å². The first-order valence-electron chi connectivity index (χ1n) is 7.33. The first-order valence-corrected chi connectivity index (χ1v) is 7.33. The largest absolute Gasteiger partial charge is 0.496 e. The number of rotatable bonds is 5. The molecule has 0 bridgehead atoms. The van der Waals surface area contributed by atoms with Crippen molar-refractivity contribution in [2.45, 2.75) is 25.8 Å². The minimum absolute atomic E-state index is 0.0298. The van der Waals surface area contributed by atoms with Crippen LogP contribution in [0.1, 0.15) is 31.4 Å². The van der Waals surface area contributed by atoms with Gasteiger partial charge in [0.25, 0.3) is 0 Å². The molecular formula is C16H26N2O2. The van der Waals surface area contributed by atoms with Crippen LogP contribution < -0.4 is 15.4 Å². The molecule has 1 fully saturated rings. The molecule has 0 aromatic heterocycles. The van der Waals surface area contributed by atoms with Crippen molar-refractivity contribution < 1.29 is 9.47 Å². The molecule has 4 heteroatoms. The van der Waals surface area contributed by atoms with E-state index in [9.17, 15) is 0 Å². The van der Waals surface area contributed by atoms with Gasteiger partial charge in [0.15, 0.2) is 0 Å². The van der Waals surface area contributed by atoms with Crippen molar-refractivity contribution in [1.82, 2.24) is 0 Å². The van der Waals surface area contributed by atoms with Crippen molar-refractivity contribution in [3.63, 3.8) is 0 Å². The second-order valence-electron chi connectivity index (χ2n) is 5.57. The monoisotopic (exact) mass is 278 g/mol. The number of anilines is 1. The number of hydrogen-bond acceptors (Lipinski definition) is 4. The molecule has 0 radical (unpaired) electrons. The lowest BCUT2D eigenvalue weighted by Crippen LogP contribution is -2.36. The summed E-state index contributed by atoms with van der Waals surface area (Å²) in [6, 6.07) is 6.15. The molecule has 0 aliphatic carbocycles. The fourth-order valence-electron chi connectivity index (χ4n) is 3.02. The van der Waals surface area contributed by atoms with Crippen LogP contribution in [0.4, 0.5) is 5.69 Å².